The van der Waals surface area contributed by atoms with Crippen LogP contribution in [0.1, 0.15) is 16.7 Å². The molecule has 0 aliphatic heterocycles. The fraction of sp³-hybridized carbons (Fsp3) is 0.136. The van der Waals surface area contributed by atoms with Crippen LogP contribution in [0.2, 0.25) is 0 Å². The molecule has 134 valence electrons. The standard InChI is InChI=1S/C22H20N4O/c1-14-6-9-17(10-7-14)24-25-22-20(18-11-8-15(2)13-16(18)3)23-21-19(27)5-4-12-26(21)22/h4-13,27H,1-3H3. The van der Waals surface area contributed by atoms with E-state index in [4.69, 9.17) is 0 Å². The average molecular weight is 356 g/mol. The van der Waals surface area contributed by atoms with Crippen molar-refractivity contribution in [2.75, 3.05) is 0 Å². The van der Waals surface area contributed by atoms with E-state index in [-0.39, 0.29) is 5.75 Å². The first-order valence-electron chi connectivity index (χ1n) is 8.79. The molecule has 5 nitrogen and oxygen atoms in total. The number of fused-ring (bicyclic) bond motifs is 1. The molecular formula is C22H20N4O. The Hall–Kier alpha value is -3.47. The van der Waals surface area contributed by atoms with Gasteiger partial charge in [0.2, 0.25) is 0 Å². The number of nitrogens with zero attached hydrogens (tertiary/aromatic N) is 4. The molecular weight excluding hydrogens is 336 g/mol. The van der Waals surface area contributed by atoms with Gasteiger partial charge in [0.25, 0.3) is 0 Å². The summed E-state index contributed by atoms with van der Waals surface area (Å²) >= 11 is 0. The van der Waals surface area contributed by atoms with Crippen LogP contribution >= 0.6 is 0 Å². The predicted molar refractivity (Wildman–Crippen MR) is 107 cm³/mol. The van der Waals surface area contributed by atoms with E-state index in [1.54, 1.807) is 16.5 Å². The Morgan fingerprint density at radius 1 is 0.889 bits per heavy atom. The number of aryl methyl sites for hydroxylation is 3. The highest BCUT2D eigenvalue weighted by atomic mass is 16.3. The molecule has 0 fully saturated rings. The molecule has 0 spiro atoms. The van der Waals surface area contributed by atoms with Gasteiger partial charge in [-0.15, -0.1) is 10.2 Å². The van der Waals surface area contributed by atoms with Gasteiger partial charge < -0.3 is 5.11 Å². The molecule has 2 heterocycles. The summed E-state index contributed by atoms with van der Waals surface area (Å²) in [4.78, 5) is 4.66. The lowest BCUT2D eigenvalue weighted by atomic mass is 10.0. The topological polar surface area (TPSA) is 62.2 Å². The maximum absolute atomic E-state index is 10.2. The third-order valence-electron chi connectivity index (χ3n) is 4.54. The molecule has 4 rings (SSSR count). The zero-order chi connectivity index (χ0) is 19.0. The van der Waals surface area contributed by atoms with Crippen LogP contribution in [-0.4, -0.2) is 14.5 Å². The fourth-order valence-corrected chi connectivity index (χ4v) is 3.11. The van der Waals surface area contributed by atoms with Crippen molar-refractivity contribution >= 4 is 17.2 Å². The van der Waals surface area contributed by atoms with E-state index < -0.39 is 0 Å². The molecule has 27 heavy (non-hydrogen) atoms. The van der Waals surface area contributed by atoms with E-state index in [1.807, 2.05) is 56.4 Å². The van der Waals surface area contributed by atoms with Gasteiger partial charge in [-0.3, -0.25) is 4.40 Å². The van der Waals surface area contributed by atoms with Crippen LogP contribution in [0.5, 0.6) is 5.75 Å². The maximum Gasteiger partial charge on any atom is 0.187 e. The first-order chi connectivity index (χ1) is 13.0. The van der Waals surface area contributed by atoms with Crippen molar-refractivity contribution in [2.45, 2.75) is 20.8 Å². The smallest absolute Gasteiger partial charge is 0.187 e. The van der Waals surface area contributed by atoms with Crippen LogP contribution in [0.4, 0.5) is 11.5 Å². The molecule has 2 aromatic heterocycles. The summed E-state index contributed by atoms with van der Waals surface area (Å²) in [5.74, 6) is 0.703. The summed E-state index contributed by atoms with van der Waals surface area (Å²) in [6.45, 7) is 6.14. The number of hydrogen-bond acceptors (Lipinski definition) is 4. The summed E-state index contributed by atoms with van der Waals surface area (Å²) in [6, 6.07) is 17.4. The summed E-state index contributed by atoms with van der Waals surface area (Å²) < 4.78 is 1.77. The summed E-state index contributed by atoms with van der Waals surface area (Å²) in [7, 11) is 0. The van der Waals surface area contributed by atoms with E-state index in [2.05, 4.69) is 28.2 Å². The van der Waals surface area contributed by atoms with Gasteiger partial charge in [0, 0.05) is 11.8 Å². The lowest BCUT2D eigenvalue weighted by Gasteiger charge is -2.05. The Labute approximate surface area is 157 Å². The molecule has 0 aliphatic carbocycles. The molecule has 0 unspecified atom stereocenters. The van der Waals surface area contributed by atoms with Gasteiger partial charge >= 0.3 is 0 Å². The average Bonchev–Trinajstić information content (AvgIpc) is 3.01. The van der Waals surface area contributed by atoms with Crippen molar-refractivity contribution in [3.63, 3.8) is 0 Å². The Bertz CT molecular complexity index is 1160. The van der Waals surface area contributed by atoms with E-state index >= 15 is 0 Å². The van der Waals surface area contributed by atoms with Gasteiger partial charge in [0.05, 0.1) is 5.69 Å². The number of pyridine rings is 1. The number of rotatable bonds is 3. The molecule has 2 aromatic carbocycles. The highest BCUT2D eigenvalue weighted by Gasteiger charge is 2.17. The van der Waals surface area contributed by atoms with Crippen molar-refractivity contribution < 1.29 is 5.11 Å². The van der Waals surface area contributed by atoms with Gasteiger partial charge in [-0.2, -0.15) is 0 Å². The van der Waals surface area contributed by atoms with E-state index in [1.165, 1.54) is 11.1 Å². The lowest BCUT2D eigenvalue weighted by Crippen LogP contribution is -1.86. The Morgan fingerprint density at radius 2 is 1.63 bits per heavy atom. The summed E-state index contributed by atoms with van der Waals surface area (Å²) in [5.41, 5.74) is 6.36. The van der Waals surface area contributed by atoms with Crippen LogP contribution in [0.15, 0.2) is 71.0 Å². The SMILES string of the molecule is Cc1ccc(N=Nc2c(-c3ccc(C)cc3C)nc3c(O)cccn23)cc1. The molecule has 5 heteroatoms. The second-order valence-corrected chi connectivity index (χ2v) is 6.72. The molecule has 0 atom stereocenters. The van der Waals surface area contributed by atoms with Crippen LogP contribution in [0.25, 0.3) is 16.9 Å². The minimum Gasteiger partial charge on any atom is -0.504 e. The quantitative estimate of drug-likeness (QED) is 0.454. The van der Waals surface area contributed by atoms with Gasteiger partial charge in [-0.25, -0.2) is 4.98 Å². The molecule has 4 aromatic rings. The number of azo groups is 1. The molecule has 1 N–H and O–H groups in total. The molecule has 0 amide bonds. The van der Waals surface area contributed by atoms with Crippen LogP contribution in [0, 0.1) is 20.8 Å². The van der Waals surface area contributed by atoms with Crippen molar-refractivity contribution in [2.24, 2.45) is 10.2 Å². The molecule has 0 radical (unpaired) electrons. The fourth-order valence-electron chi connectivity index (χ4n) is 3.11. The predicted octanol–water partition coefficient (Wildman–Crippen LogP) is 6.05. The number of benzene rings is 2. The molecule has 0 saturated heterocycles. The highest BCUT2D eigenvalue weighted by Crippen LogP contribution is 2.36. The Kier molecular flexibility index (Phi) is 4.20. The Morgan fingerprint density at radius 3 is 2.37 bits per heavy atom. The van der Waals surface area contributed by atoms with Crippen molar-refractivity contribution in [3.8, 4) is 17.0 Å². The number of hydrogen-bond donors (Lipinski definition) is 1. The summed E-state index contributed by atoms with van der Waals surface area (Å²) in [6.07, 6.45) is 1.83. The Balaban J connectivity index is 1.91. The molecule has 0 aliphatic rings. The van der Waals surface area contributed by atoms with Crippen molar-refractivity contribution in [1.29, 1.82) is 0 Å². The van der Waals surface area contributed by atoms with Crippen molar-refractivity contribution in [3.05, 3.63) is 77.5 Å². The molecule has 0 saturated carbocycles. The minimum atomic E-state index is 0.111. The second-order valence-electron chi connectivity index (χ2n) is 6.72. The third kappa shape index (κ3) is 3.19. The molecule has 0 bridgehead atoms. The minimum absolute atomic E-state index is 0.111. The van der Waals surface area contributed by atoms with Gasteiger partial charge in [-0.05, 0) is 50.6 Å². The zero-order valence-electron chi connectivity index (χ0n) is 15.5. The van der Waals surface area contributed by atoms with Crippen molar-refractivity contribution in [1.82, 2.24) is 9.38 Å². The summed E-state index contributed by atoms with van der Waals surface area (Å²) in [5, 5.41) is 19.1. The van der Waals surface area contributed by atoms with Gasteiger partial charge in [0.1, 0.15) is 5.69 Å². The normalized spacial score (nSPS) is 11.5. The largest absolute Gasteiger partial charge is 0.504 e. The first kappa shape index (κ1) is 17.0. The van der Waals surface area contributed by atoms with Gasteiger partial charge in [0.15, 0.2) is 17.2 Å². The van der Waals surface area contributed by atoms with Gasteiger partial charge in [-0.1, -0.05) is 41.5 Å². The van der Waals surface area contributed by atoms with E-state index in [0.717, 1.165) is 16.8 Å². The highest BCUT2D eigenvalue weighted by molar-refractivity contribution is 5.78. The zero-order valence-corrected chi connectivity index (χ0v) is 15.5. The van der Waals surface area contributed by atoms with Crippen LogP contribution < -0.4 is 0 Å². The second kappa shape index (κ2) is 6.68. The van der Waals surface area contributed by atoms with E-state index in [0.29, 0.717) is 17.2 Å². The number of aromatic nitrogens is 2. The van der Waals surface area contributed by atoms with Crippen LogP contribution in [0.3, 0.4) is 0 Å². The third-order valence-corrected chi connectivity index (χ3v) is 4.54. The number of imidazole rings is 1. The lowest BCUT2D eigenvalue weighted by molar-refractivity contribution is 0.477. The van der Waals surface area contributed by atoms with Crippen LogP contribution in [-0.2, 0) is 0 Å². The first-order valence-corrected chi connectivity index (χ1v) is 8.79. The van der Waals surface area contributed by atoms with E-state index in [9.17, 15) is 5.11 Å². The monoisotopic (exact) mass is 356 g/mol. The number of aromatic hydroxyl groups is 1. The maximum atomic E-state index is 10.2.